The first kappa shape index (κ1) is 17.7. The number of nitrogens with zero attached hydrogens (tertiary/aromatic N) is 1. The molecule has 1 saturated heterocycles. The Hall–Kier alpha value is -1.07. The molecule has 1 aliphatic rings. The molecule has 4 nitrogen and oxygen atoms in total. The van der Waals surface area contributed by atoms with Crippen LogP contribution in [0.5, 0.6) is 5.75 Å². The number of piperidine rings is 1. The van der Waals surface area contributed by atoms with Crippen LogP contribution in [0.4, 0.5) is 0 Å². The first-order chi connectivity index (χ1) is 11.5. The lowest BCUT2D eigenvalue weighted by Gasteiger charge is -2.32. The molecule has 1 unspecified atom stereocenters. The summed E-state index contributed by atoms with van der Waals surface area (Å²) < 4.78 is 5.29. The van der Waals surface area contributed by atoms with Gasteiger partial charge in [-0.15, -0.1) is 11.6 Å². The van der Waals surface area contributed by atoms with Crippen molar-refractivity contribution >= 4 is 34.1 Å². The summed E-state index contributed by atoms with van der Waals surface area (Å²) in [6.45, 7) is 1.85. The summed E-state index contributed by atoms with van der Waals surface area (Å²) in [4.78, 5) is 4.09. The van der Waals surface area contributed by atoms with E-state index in [0.29, 0.717) is 22.8 Å². The van der Waals surface area contributed by atoms with E-state index < -0.39 is 6.10 Å². The number of hydrogen-bond donors (Lipinski definition) is 2. The highest BCUT2D eigenvalue weighted by molar-refractivity contribution is 6.32. The summed E-state index contributed by atoms with van der Waals surface area (Å²) in [5, 5.41) is 15.4. The second-order valence-electron chi connectivity index (χ2n) is 6.36. The number of aromatic nitrogens is 1. The lowest BCUT2D eigenvalue weighted by Crippen LogP contribution is -2.38. The number of nitrogens with one attached hydrogen (secondary N) is 1. The third-order valence-corrected chi connectivity index (χ3v) is 5.63. The molecule has 1 aromatic heterocycles. The third-order valence-electron chi connectivity index (χ3n) is 4.77. The highest BCUT2D eigenvalue weighted by atomic mass is 35.5. The fourth-order valence-electron chi connectivity index (χ4n) is 3.30. The smallest absolute Gasteiger partial charge is 0.119 e. The van der Waals surface area contributed by atoms with Crippen LogP contribution in [0.15, 0.2) is 24.4 Å². The van der Waals surface area contributed by atoms with Gasteiger partial charge in [0.1, 0.15) is 5.75 Å². The van der Waals surface area contributed by atoms with E-state index >= 15 is 0 Å². The van der Waals surface area contributed by atoms with E-state index in [1.54, 1.807) is 13.3 Å². The minimum Gasteiger partial charge on any atom is -0.497 e. The zero-order valence-electron chi connectivity index (χ0n) is 13.7. The lowest BCUT2D eigenvalue weighted by molar-refractivity contribution is 0.157. The summed E-state index contributed by atoms with van der Waals surface area (Å²) in [6, 6.07) is 5.59. The van der Waals surface area contributed by atoms with Gasteiger partial charge in [0, 0.05) is 22.0 Å². The summed E-state index contributed by atoms with van der Waals surface area (Å²) in [5.41, 5.74) is 1.49. The number of benzene rings is 1. The van der Waals surface area contributed by atoms with E-state index in [9.17, 15) is 5.11 Å². The normalized spacial score (nSPS) is 18.5. The highest BCUT2D eigenvalue weighted by Gasteiger charge is 2.30. The Balaban J connectivity index is 1.85. The molecule has 2 heterocycles. The second kappa shape index (κ2) is 7.44. The third kappa shape index (κ3) is 3.77. The van der Waals surface area contributed by atoms with Crippen molar-refractivity contribution in [2.75, 3.05) is 20.2 Å². The van der Waals surface area contributed by atoms with Gasteiger partial charge >= 0.3 is 0 Å². The molecular weight excluding hydrogens is 347 g/mol. The highest BCUT2D eigenvalue weighted by Crippen LogP contribution is 2.38. The number of aliphatic hydroxyl groups is 1. The van der Waals surface area contributed by atoms with Crippen LogP contribution >= 0.6 is 23.2 Å². The molecule has 1 atom stereocenters. The van der Waals surface area contributed by atoms with Gasteiger partial charge in [-0.2, -0.15) is 0 Å². The van der Waals surface area contributed by atoms with E-state index in [1.165, 1.54) is 0 Å². The Labute approximate surface area is 152 Å². The minimum atomic E-state index is -0.680. The molecule has 1 aromatic carbocycles. The number of fused-ring (bicyclic) bond motifs is 1. The number of aliphatic hydroxyl groups excluding tert-OH is 1. The van der Waals surface area contributed by atoms with Gasteiger partial charge in [-0.1, -0.05) is 11.6 Å². The number of ether oxygens (including phenoxy) is 1. The number of pyridine rings is 1. The molecule has 24 heavy (non-hydrogen) atoms. The number of rotatable bonds is 5. The quantitative estimate of drug-likeness (QED) is 0.780. The van der Waals surface area contributed by atoms with Crippen LogP contribution in [0.2, 0.25) is 5.02 Å². The van der Waals surface area contributed by atoms with Crippen molar-refractivity contribution < 1.29 is 9.84 Å². The monoisotopic (exact) mass is 368 g/mol. The van der Waals surface area contributed by atoms with Crippen molar-refractivity contribution in [3.05, 3.63) is 35.0 Å². The molecule has 0 radical (unpaired) electrons. The number of methoxy groups -OCH3 is 1. The fourth-order valence-corrected chi connectivity index (χ4v) is 3.87. The van der Waals surface area contributed by atoms with Gasteiger partial charge in [0.2, 0.25) is 0 Å². The number of hydrogen-bond acceptors (Lipinski definition) is 4. The molecule has 0 bridgehead atoms. The van der Waals surface area contributed by atoms with Gasteiger partial charge in [-0.05, 0) is 57.0 Å². The first-order valence-electron chi connectivity index (χ1n) is 8.22. The van der Waals surface area contributed by atoms with E-state index in [2.05, 4.69) is 10.3 Å². The Morgan fingerprint density at radius 2 is 2.12 bits per heavy atom. The first-order valence-corrected chi connectivity index (χ1v) is 8.98. The average Bonchev–Trinajstić information content (AvgIpc) is 2.60. The van der Waals surface area contributed by atoms with Crippen molar-refractivity contribution in [1.82, 2.24) is 10.3 Å². The van der Waals surface area contributed by atoms with Crippen molar-refractivity contribution in [3.63, 3.8) is 0 Å². The van der Waals surface area contributed by atoms with Gasteiger partial charge in [0.15, 0.2) is 0 Å². The predicted molar refractivity (Wildman–Crippen MR) is 98.2 cm³/mol. The molecule has 0 amide bonds. The topological polar surface area (TPSA) is 54.4 Å². The van der Waals surface area contributed by atoms with E-state index in [4.69, 9.17) is 27.9 Å². The van der Waals surface area contributed by atoms with Gasteiger partial charge in [0.05, 0.1) is 23.8 Å². The maximum Gasteiger partial charge on any atom is 0.119 e. The van der Waals surface area contributed by atoms with Gasteiger partial charge < -0.3 is 15.2 Å². The van der Waals surface area contributed by atoms with Crippen molar-refractivity contribution in [3.8, 4) is 5.75 Å². The van der Waals surface area contributed by atoms with Crippen LogP contribution in [0.1, 0.15) is 37.4 Å². The Morgan fingerprint density at radius 1 is 1.38 bits per heavy atom. The number of alkyl halides is 1. The molecule has 1 fully saturated rings. The Bertz CT molecular complexity index is 717. The van der Waals surface area contributed by atoms with Crippen LogP contribution in [0, 0.1) is 0 Å². The standard InChI is InChI=1S/C18H22Cl2N2O2/c1-24-12-2-3-15-13(10-12)17(14(19)11-22-15)16(23)4-5-18(20)6-8-21-9-7-18/h2-3,10-11,16,21,23H,4-9H2,1H3. The van der Waals surface area contributed by atoms with Gasteiger partial charge in [-0.25, -0.2) is 0 Å². The lowest BCUT2D eigenvalue weighted by atomic mass is 9.89. The molecule has 2 aromatic rings. The van der Waals surface area contributed by atoms with Crippen molar-refractivity contribution in [2.45, 2.75) is 36.7 Å². The summed E-state index contributed by atoms with van der Waals surface area (Å²) in [7, 11) is 1.61. The van der Waals surface area contributed by atoms with E-state index in [0.717, 1.165) is 43.3 Å². The Kier molecular flexibility index (Phi) is 5.50. The van der Waals surface area contributed by atoms with Gasteiger partial charge in [-0.3, -0.25) is 4.98 Å². The maximum absolute atomic E-state index is 10.8. The van der Waals surface area contributed by atoms with Crippen LogP contribution in [0.25, 0.3) is 10.9 Å². The van der Waals surface area contributed by atoms with Gasteiger partial charge in [0.25, 0.3) is 0 Å². The second-order valence-corrected chi connectivity index (χ2v) is 7.57. The molecule has 1 aliphatic heterocycles. The Morgan fingerprint density at radius 3 is 2.83 bits per heavy atom. The maximum atomic E-state index is 10.8. The molecular formula is C18H22Cl2N2O2. The molecule has 2 N–H and O–H groups in total. The zero-order chi connectivity index (χ0) is 17.2. The summed E-state index contributed by atoms with van der Waals surface area (Å²) >= 11 is 13.0. The van der Waals surface area contributed by atoms with Crippen LogP contribution in [-0.4, -0.2) is 35.2 Å². The molecule has 0 spiro atoms. The predicted octanol–water partition coefficient (Wildman–Crippen LogP) is 4.07. The zero-order valence-corrected chi connectivity index (χ0v) is 15.2. The molecule has 6 heteroatoms. The van der Waals surface area contributed by atoms with Crippen LogP contribution in [-0.2, 0) is 0 Å². The molecule has 130 valence electrons. The van der Waals surface area contributed by atoms with Crippen LogP contribution in [0.3, 0.4) is 0 Å². The largest absolute Gasteiger partial charge is 0.497 e. The van der Waals surface area contributed by atoms with Crippen molar-refractivity contribution in [1.29, 1.82) is 0 Å². The van der Waals surface area contributed by atoms with E-state index in [1.807, 2.05) is 18.2 Å². The number of halogens is 2. The summed E-state index contributed by atoms with van der Waals surface area (Å²) in [6.07, 6.45) is 4.07. The van der Waals surface area contributed by atoms with Crippen molar-refractivity contribution in [2.24, 2.45) is 0 Å². The molecule has 3 rings (SSSR count). The molecule has 0 aliphatic carbocycles. The fraction of sp³-hybridized carbons (Fsp3) is 0.500. The molecule has 0 saturated carbocycles. The minimum absolute atomic E-state index is 0.237. The SMILES string of the molecule is COc1ccc2ncc(Cl)c(C(O)CCC3(Cl)CCNCC3)c2c1. The van der Waals surface area contributed by atoms with Crippen LogP contribution < -0.4 is 10.1 Å². The van der Waals surface area contributed by atoms with E-state index in [-0.39, 0.29) is 4.87 Å². The summed E-state index contributed by atoms with van der Waals surface area (Å²) in [5.74, 6) is 0.715. The average molecular weight is 369 g/mol.